The highest BCUT2D eigenvalue weighted by molar-refractivity contribution is 7.14. The van der Waals surface area contributed by atoms with Gasteiger partial charge in [-0.05, 0) is 53.0 Å². The third-order valence-electron chi connectivity index (χ3n) is 6.44. The molecule has 38 heavy (non-hydrogen) atoms. The SMILES string of the molecule is CCC[C@H](CC(=O)[C@H](CCC(=O)O)NC(=O)CCc1ccc(-c2cc(-c3ccccc3)cs2)cc1)C(N)=O. The van der Waals surface area contributed by atoms with E-state index < -0.39 is 23.8 Å². The minimum Gasteiger partial charge on any atom is -0.481 e. The zero-order chi connectivity index (χ0) is 27.5. The quantitative estimate of drug-likeness (QED) is 0.246. The van der Waals surface area contributed by atoms with E-state index in [-0.39, 0.29) is 37.4 Å². The number of aryl methyl sites for hydroxylation is 1. The second kappa shape index (κ2) is 14.2. The van der Waals surface area contributed by atoms with Gasteiger partial charge in [-0.25, -0.2) is 0 Å². The molecule has 3 rings (SSSR count). The number of nitrogens with one attached hydrogen (secondary N) is 1. The Morgan fingerprint density at radius 3 is 2.26 bits per heavy atom. The lowest BCUT2D eigenvalue weighted by Gasteiger charge is -2.19. The molecule has 0 aliphatic carbocycles. The van der Waals surface area contributed by atoms with Crippen molar-refractivity contribution >= 4 is 34.9 Å². The molecule has 4 N–H and O–H groups in total. The summed E-state index contributed by atoms with van der Waals surface area (Å²) < 4.78 is 0. The first kappa shape index (κ1) is 28.8. The molecule has 0 unspecified atom stereocenters. The number of carboxylic acid groups (broad SMARTS) is 1. The van der Waals surface area contributed by atoms with Crippen molar-refractivity contribution in [3.05, 3.63) is 71.6 Å². The average molecular weight is 535 g/mol. The van der Waals surface area contributed by atoms with Crippen LogP contribution in [0.1, 0.15) is 51.0 Å². The van der Waals surface area contributed by atoms with Gasteiger partial charge in [-0.1, -0.05) is 67.9 Å². The molecular formula is C30H34N2O5S. The fourth-order valence-electron chi connectivity index (χ4n) is 4.29. The molecule has 7 nitrogen and oxygen atoms in total. The van der Waals surface area contributed by atoms with Crippen molar-refractivity contribution in [3.63, 3.8) is 0 Å². The van der Waals surface area contributed by atoms with Crippen molar-refractivity contribution in [2.75, 3.05) is 0 Å². The van der Waals surface area contributed by atoms with Crippen LogP contribution in [0.15, 0.2) is 66.0 Å². The highest BCUT2D eigenvalue weighted by Crippen LogP contribution is 2.32. The topological polar surface area (TPSA) is 127 Å². The van der Waals surface area contributed by atoms with Gasteiger partial charge in [-0.2, -0.15) is 0 Å². The van der Waals surface area contributed by atoms with Gasteiger partial charge in [-0.3, -0.25) is 19.2 Å². The van der Waals surface area contributed by atoms with E-state index in [1.165, 1.54) is 11.1 Å². The summed E-state index contributed by atoms with van der Waals surface area (Å²) in [6.07, 6.45) is 1.39. The molecule has 0 fully saturated rings. The van der Waals surface area contributed by atoms with Gasteiger partial charge in [0.15, 0.2) is 5.78 Å². The molecule has 0 bridgehead atoms. The molecule has 1 aromatic heterocycles. The Balaban J connectivity index is 1.57. The molecule has 0 saturated carbocycles. The first-order valence-corrected chi connectivity index (χ1v) is 13.7. The van der Waals surface area contributed by atoms with E-state index in [1.807, 2.05) is 49.4 Å². The summed E-state index contributed by atoms with van der Waals surface area (Å²) in [6.45, 7) is 1.89. The highest BCUT2D eigenvalue weighted by Gasteiger charge is 2.26. The fourth-order valence-corrected chi connectivity index (χ4v) is 5.21. The zero-order valence-corrected chi connectivity index (χ0v) is 22.3. The van der Waals surface area contributed by atoms with E-state index in [2.05, 4.69) is 28.9 Å². The number of carbonyl (C=O) groups is 4. The third kappa shape index (κ3) is 8.66. The summed E-state index contributed by atoms with van der Waals surface area (Å²) in [4.78, 5) is 49.3. The van der Waals surface area contributed by atoms with Crippen molar-refractivity contribution in [3.8, 4) is 21.6 Å². The second-order valence-corrected chi connectivity index (χ2v) is 10.3. The maximum absolute atomic E-state index is 12.8. The van der Waals surface area contributed by atoms with Crippen LogP contribution in [0.3, 0.4) is 0 Å². The van der Waals surface area contributed by atoms with E-state index >= 15 is 0 Å². The van der Waals surface area contributed by atoms with Crippen LogP contribution in [0.2, 0.25) is 0 Å². The van der Waals surface area contributed by atoms with E-state index in [1.54, 1.807) is 11.3 Å². The molecular weight excluding hydrogens is 500 g/mol. The van der Waals surface area contributed by atoms with E-state index in [0.717, 1.165) is 16.0 Å². The van der Waals surface area contributed by atoms with Gasteiger partial charge in [0.05, 0.1) is 6.04 Å². The smallest absolute Gasteiger partial charge is 0.303 e. The maximum atomic E-state index is 12.8. The molecule has 0 spiro atoms. The Kier molecular flexibility index (Phi) is 10.8. The Labute approximate surface area is 227 Å². The molecule has 1 heterocycles. The van der Waals surface area contributed by atoms with Crippen molar-refractivity contribution in [2.45, 2.75) is 57.9 Å². The van der Waals surface area contributed by atoms with Crippen LogP contribution < -0.4 is 11.1 Å². The lowest BCUT2D eigenvalue weighted by molar-refractivity contribution is -0.138. The molecule has 8 heteroatoms. The standard InChI is InChI=1S/C30H34N2O5S/c1-2-6-23(30(31)37)17-26(33)25(14-16-29(35)36)32-28(34)15-11-20-9-12-22(13-10-20)27-18-24(19-38-27)21-7-4-3-5-8-21/h3-5,7-10,12-13,18-19,23,25H,2,6,11,14-17H2,1H3,(H2,31,37)(H,32,34)(H,35,36)/t23-,25+/m1/s1. The molecule has 0 aliphatic rings. The number of nitrogens with two attached hydrogens (primary N) is 1. The van der Waals surface area contributed by atoms with Gasteiger partial charge in [0, 0.05) is 30.1 Å². The summed E-state index contributed by atoms with van der Waals surface area (Å²) in [6, 6.07) is 19.4. The monoisotopic (exact) mass is 534 g/mol. The van der Waals surface area contributed by atoms with Crippen LogP contribution in [-0.4, -0.2) is 34.7 Å². The predicted molar refractivity (Wildman–Crippen MR) is 150 cm³/mol. The molecule has 0 saturated heterocycles. The lowest BCUT2D eigenvalue weighted by Crippen LogP contribution is -2.42. The van der Waals surface area contributed by atoms with E-state index in [9.17, 15) is 19.2 Å². The Hall–Kier alpha value is -3.78. The summed E-state index contributed by atoms with van der Waals surface area (Å²) in [5.74, 6) is -2.95. The van der Waals surface area contributed by atoms with Gasteiger partial charge in [0.2, 0.25) is 11.8 Å². The molecule has 0 radical (unpaired) electrons. The van der Waals surface area contributed by atoms with E-state index in [0.29, 0.717) is 19.3 Å². The minimum absolute atomic E-state index is 0.0298. The van der Waals surface area contributed by atoms with Crippen LogP contribution in [-0.2, 0) is 25.6 Å². The lowest BCUT2D eigenvalue weighted by atomic mass is 9.92. The third-order valence-corrected chi connectivity index (χ3v) is 7.42. The van der Waals surface area contributed by atoms with Crippen LogP contribution in [0.5, 0.6) is 0 Å². The summed E-state index contributed by atoms with van der Waals surface area (Å²) in [7, 11) is 0. The van der Waals surface area contributed by atoms with Crippen molar-refractivity contribution < 1.29 is 24.3 Å². The largest absolute Gasteiger partial charge is 0.481 e. The van der Waals surface area contributed by atoms with Gasteiger partial charge in [0.1, 0.15) is 0 Å². The number of aliphatic carboxylic acids is 1. The number of Topliss-reactive ketones (excluding diaryl/α,β-unsaturated/α-hetero) is 1. The molecule has 2 atom stereocenters. The molecule has 0 aliphatic heterocycles. The number of hydrogen-bond donors (Lipinski definition) is 3. The number of thiophene rings is 1. The Bertz CT molecular complexity index is 1240. The Morgan fingerprint density at radius 2 is 1.63 bits per heavy atom. The minimum atomic E-state index is -1.06. The number of ketones is 1. The number of primary amides is 1. The van der Waals surface area contributed by atoms with Gasteiger partial charge in [0.25, 0.3) is 0 Å². The number of benzene rings is 2. The van der Waals surface area contributed by atoms with Gasteiger partial charge in [-0.15, -0.1) is 11.3 Å². The predicted octanol–water partition coefficient (Wildman–Crippen LogP) is 5.23. The van der Waals surface area contributed by atoms with Crippen LogP contribution in [0, 0.1) is 5.92 Å². The van der Waals surface area contributed by atoms with Gasteiger partial charge < -0.3 is 16.2 Å². The summed E-state index contributed by atoms with van der Waals surface area (Å²) in [5, 5.41) is 13.9. The number of amides is 2. The average Bonchev–Trinajstić information content (AvgIpc) is 3.40. The van der Waals surface area contributed by atoms with Crippen LogP contribution >= 0.6 is 11.3 Å². The van der Waals surface area contributed by atoms with Crippen molar-refractivity contribution in [1.29, 1.82) is 0 Å². The summed E-state index contributed by atoms with van der Waals surface area (Å²) in [5.41, 5.74) is 9.84. The van der Waals surface area contributed by atoms with E-state index in [4.69, 9.17) is 10.8 Å². The van der Waals surface area contributed by atoms with Crippen LogP contribution in [0.4, 0.5) is 0 Å². The van der Waals surface area contributed by atoms with Crippen molar-refractivity contribution in [1.82, 2.24) is 5.32 Å². The molecule has 2 aromatic carbocycles. The normalized spacial score (nSPS) is 12.4. The molecule has 200 valence electrons. The van der Waals surface area contributed by atoms with Crippen LogP contribution in [0.25, 0.3) is 21.6 Å². The number of hydrogen-bond acceptors (Lipinski definition) is 5. The zero-order valence-electron chi connectivity index (χ0n) is 21.5. The summed E-state index contributed by atoms with van der Waals surface area (Å²) >= 11 is 1.68. The molecule has 2 amide bonds. The number of carboxylic acids is 1. The maximum Gasteiger partial charge on any atom is 0.303 e. The first-order valence-electron chi connectivity index (χ1n) is 12.8. The fraction of sp³-hybridized carbons (Fsp3) is 0.333. The Morgan fingerprint density at radius 1 is 0.921 bits per heavy atom. The molecule has 3 aromatic rings. The number of rotatable bonds is 15. The number of carbonyl (C=O) groups excluding carboxylic acids is 3. The first-order chi connectivity index (χ1) is 18.3. The second-order valence-electron chi connectivity index (χ2n) is 9.37. The highest BCUT2D eigenvalue weighted by atomic mass is 32.1. The van der Waals surface area contributed by atoms with Gasteiger partial charge >= 0.3 is 5.97 Å². The van der Waals surface area contributed by atoms with Crippen molar-refractivity contribution in [2.24, 2.45) is 11.7 Å².